The summed E-state index contributed by atoms with van der Waals surface area (Å²) in [6.45, 7) is 0. The second-order valence-corrected chi connectivity index (χ2v) is 3.62. The van der Waals surface area contributed by atoms with Gasteiger partial charge in [-0.15, -0.1) is 0 Å². The maximum absolute atomic E-state index is 13.4. The molecule has 0 radical (unpaired) electrons. The molecule has 0 saturated heterocycles. The maximum atomic E-state index is 13.4. The predicted octanol–water partition coefficient (Wildman–Crippen LogP) is 3.59. The molecule has 0 spiro atoms. The Morgan fingerprint density at radius 3 is 2.00 bits per heavy atom. The summed E-state index contributed by atoms with van der Waals surface area (Å²) in [6.07, 6.45) is 0. The largest absolute Gasteiger partial charge is 0.478 e. The van der Waals surface area contributed by atoms with Gasteiger partial charge in [0.05, 0.1) is 5.56 Å². The first-order valence-corrected chi connectivity index (χ1v) is 5.13. The van der Waals surface area contributed by atoms with Crippen molar-refractivity contribution in [3.8, 4) is 11.5 Å². The van der Waals surface area contributed by atoms with Crippen molar-refractivity contribution in [3.63, 3.8) is 0 Å². The molecule has 3 nitrogen and oxygen atoms in total. The van der Waals surface area contributed by atoms with Crippen LogP contribution >= 0.6 is 0 Å². The minimum atomic E-state index is -1.41. The lowest BCUT2D eigenvalue weighted by Crippen LogP contribution is -2.00. The van der Waals surface area contributed by atoms with Crippen LogP contribution in [0.4, 0.5) is 13.2 Å². The van der Waals surface area contributed by atoms with Crippen LogP contribution in [-0.2, 0) is 0 Å². The third-order valence-electron chi connectivity index (χ3n) is 2.30. The fourth-order valence-electron chi connectivity index (χ4n) is 1.41. The van der Waals surface area contributed by atoms with Crippen molar-refractivity contribution in [1.29, 1.82) is 0 Å². The average Bonchev–Trinajstić information content (AvgIpc) is 2.33. The molecule has 0 aromatic heterocycles. The molecular formula is C13H7F3O3. The van der Waals surface area contributed by atoms with Crippen molar-refractivity contribution < 1.29 is 27.8 Å². The van der Waals surface area contributed by atoms with Gasteiger partial charge in [0.15, 0.2) is 11.6 Å². The van der Waals surface area contributed by atoms with Gasteiger partial charge in [-0.3, -0.25) is 0 Å². The van der Waals surface area contributed by atoms with Crippen molar-refractivity contribution in [2.75, 3.05) is 0 Å². The number of halogens is 3. The van der Waals surface area contributed by atoms with E-state index in [0.717, 1.165) is 24.3 Å². The summed E-state index contributed by atoms with van der Waals surface area (Å²) in [4.78, 5) is 10.6. The molecule has 6 heteroatoms. The van der Waals surface area contributed by atoms with E-state index < -0.39 is 29.0 Å². The van der Waals surface area contributed by atoms with E-state index in [1.807, 2.05) is 0 Å². The van der Waals surface area contributed by atoms with Crippen LogP contribution in [0.3, 0.4) is 0 Å². The minimum absolute atomic E-state index is 0.0199. The summed E-state index contributed by atoms with van der Waals surface area (Å²) >= 11 is 0. The Morgan fingerprint density at radius 2 is 1.47 bits per heavy atom. The number of hydrogen-bond acceptors (Lipinski definition) is 2. The Morgan fingerprint density at radius 1 is 0.895 bits per heavy atom. The number of carbonyl (C=O) groups is 1. The number of carboxylic acid groups (broad SMARTS) is 1. The third kappa shape index (κ3) is 2.85. The monoisotopic (exact) mass is 268 g/mol. The second kappa shape index (κ2) is 5.01. The van der Waals surface area contributed by atoms with Gasteiger partial charge in [-0.2, -0.15) is 0 Å². The molecule has 0 aliphatic carbocycles. The quantitative estimate of drug-likeness (QED) is 0.925. The summed E-state index contributed by atoms with van der Waals surface area (Å²) < 4.78 is 44.1. The number of ether oxygens (including phenoxy) is 1. The van der Waals surface area contributed by atoms with E-state index in [-0.39, 0.29) is 11.5 Å². The van der Waals surface area contributed by atoms with Crippen molar-refractivity contribution in [2.45, 2.75) is 0 Å². The standard InChI is InChI=1S/C13H7F3O3/c14-10-4-2-8(6-12(10)16)19-7-1-3-9(13(17)18)11(15)5-7/h1-6H,(H,17,18). The van der Waals surface area contributed by atoms with Gasteiger partial charge in [-0.05, 0) is 24.3 Å². The highest BCUT2D eigenvalue weighted by molar-refractivity contribution is 5.88. The molecule has 0 bridgehead atoms. The lowest BCUT2D eigenvalue weighted by atomic mass is 10.2. The summed E-state index contributed by atoms with van der Waals surface area (Å²) in [5.41, 5.74) is -0.502. The smallest absolute Gasteiger partial charge is 0.338 e. The van der Waals surface area contributed by atoms with Gasteiger partial charge < -0.3 is 9.84 Å². The molecule has 0 heterocycles. The number of carboxylic acids is 1. The van der Waals surface area contributed by atoms with Crippen LogP contribution in [0.2, 0.25) is 0 Å². The molecule has 98 valence electrons. The van der Waals surface area contributed by atoms with Crippen LogP contribution in [-0.4, -0.2) is 11.1 Å². The van der Waals surface area contributed by atoms with Gasteiger partial charge in [0.1, 0.15) is 17.3 Å². The Kier molecular flexibility index (Phi) is 3.41. The number of aromatic carboxylic acids is 1. The highest BCUT2D eigenvalue weighted by Crippen LogP contribution is 2.24. The zero-order valence-electron chi connectivity index (χ0n) is 9.36. The number of benzene rings is 2. The van der Waals surface area contributed by atoms with Crippen molar-refractivity contribution in [3.05, 3.63) is 59.4 Å². The van der Waals surface area contributed by atoms with Crippen LogP contribution < -0.4 is 4.74 Å². The molecule has 2 aromatic carbocycles. The Balaban J connectivity index is 2.26. The zero-order chi connectivity index (χ0) is 14.0. The highest BCUT2D eigenvalue weighted by Gasteiger charge is 2.11. The average molecular weight is 268 g/mol. The molecule has 0 unspecified atom stereocenters. The van der Waals surface area contributed by atoms with E-state index in [9.17, 15) is 18.0 Å². The fraction of sp³-hybridized carbons (Fsp3) is 0. The number of hydrogen-bond donors (Lipinski definition) is 1. The lowest BCUT2D eigenvalue weighted by molar-refractivity contribution is 0.0692. The minimum Gasteiger partial charge on any atom is -0.478 e. The van der Waals surface area contributed by atoms with Gasteiger partial charge in [0, 0.05) is 12.1 Å². The van der Waals surface area contributed by atoms with Gasteiger partial charge in [0.25, 0.3) is 0 Å². The van der Waals surface area contributed by atoms with E-state index in [4.69, 9.17) is 9.84 Å². The molecule has 0 fully saturated rings. The first kappa shape index (κ1) is 12.9. The van der Waals surface area contributed by atoms with Crippen LogP contribution in [0.1, 0.15) is 10.4 Å². The summed E-state index contributed by atoms with van der Waals surface area (Å²) in [7, 11) is 0. The fourth-order valence-corrected chi connectivity index (χ4v) is 1.41. The molecule has 1 N–H and O–H groups in total. The molecular weight excluding hydrogens is 261 g/mol. The Labute approximate surface area is 105 Å². The van der Waals surface area contributed by atoms with Crippen molar-refractivity contribution in [2.24, 2.45) is 0 Å². The maximum Gasteiger partial charge on any atom is 0.338 e. The highest BCUT2D eigenvalue weighted by atomic mass is 19.2. The molecule has 0 aliphatic heterocycles. The molecule has 19 heavy (non-hydrogen) atoms. The van der Waals surface area contributed by atoms with Gasteiger partial charge in [-0.1, -0.05) is 0 Å². The Bertz CT molecular complexity index is 641. The molecule has 0 atom stereocenters. The molecule has 2 aromatic rings. The first-order chi connectivity index (χ1) is 8.97. The molecule has 2 rings (SSSR count). The second-order valence-electron chi connectivity index (χ2n) is 3.62. The van der Waals surface area contributed by atoms with E-state index in [0.29, 0.717) is 0 Å². The van der Waals surface area contributed by atoms with E-state index in [1.54, 1.807) is 0 Å². The van der Waals surface area contributed by atoms with Crippen molar-refractivity contribution >= 4 is 5.97 Å². The molecule has 0 amide bonds. The topological polar surface area (TPSA) is 46.5 Å². The molecule has 0 aliphatic rings. The summed E-state index contributed by atoms with van der Waals surface area (Å²) in [5.74, 6) is -4.56. The normalized spacial score (nSPS) is 10.3. The van der Waals surface area contributed by atoms with Crippen LogP contribution in [0.25, 0.3) is 0 Å². The van der Waals surface area contributed by atoms with E-state index in [1.165, 1.54) is 12.1 Å². The van der Waals surface area contributed by atoms with Gasteiger partial charge in [0.2, 0.25) is 0 Å². The summed E-state index contributed by atoms with van der Waals surface area (Å²) in [6, 6.07) is 5.93. The van der Waals surface area contributed by atoms with Gasteiger partial charge >= 0.3 is 5.97 Å². The first-order valence-electron chi connectivity index (χ1n) is 5.13. The molecule has 0 saturated carbocycles. The SMILES string of the molecule is O=C(O)c1ccc(Oc2ccc(F)c(F)c2)cc1F. The predicted molar refractivity (Wildman–Crippen MR) is 59.8 cm³/mol. The van der Waals surface area contributed by atoms with Gasteiger partial charge in [-0.25, -0.2) is 18.0 Å². The van der Waals surface area contributed by atoms with Crippen LogP contribution in [0, 0.1) is 17.5 Å². The van der Waals surface area contributed by atoms with Crippen molar-refractivity contribution in [1.82, 2.24) is 0 Å². The zero-order valence-corrected chi connectivity index (χ0v) is 9.36. The van der Waals surface area contributed by atoms with Crippen LogP contribution in [0.15, 0.2) is 36.4 Å². The third-order valence-corrected chi connectivity index (χ3v) is 2.30. The summed E-state index contributed by atoms with van der Waals surface area (Å²) in [5, 5.41) is 8.64. The van der Waals surface area contributed by atoms with Crippen LogP contribution in [0.5, 0.6) is 11.5 Å². The van der Waals surface area contributed by atoms with E-state index >= 15 is 0 Å². The lowest BCUT2D eigenvalue weighted by Gasteiger charge is -2.07. The Hall–Kier alpha value is -2.50. The number of rotatable bonds is 3. The van der Waals surface area contributed by atoms with E-state index in [2.05, 4.69) is 0 Å².